The maximum absolute atomic E-state index is 3.58. The molecule has 13 heavy (non-hydrogen) atoms. The Labute approximate surface area is 87.3 Å². The summed E-state index contributed by atoms with van der Waals surface area (Å²) in [5.41, 5.74) is 1.37. The van der Waals surface area contributed by atoms with Crippen LogP contribution >= 0.6 is 16.1 Å². The van der Waals surface area contributed by atoms with Crippen molar-refractivity contribution in [3.8, 4) is 0 Å². The smallest absolute Gasteiger partial charge is 0.0580 e. The molecule has 70 valence electrons. The van der Waals surface area contributed by atoms with E-state index in [1.807, 2.05) is 0 Å². The van der Waals surface area contributed by atoms with E-state index in [0.29, 0.717) is 6.04 Å². The highest BCUT2D eigenvalue weighted by Crippen LogP contribution is 2.24. The van der Waals surface area contributed by atoms with Gasteiger partial charge in [-0.05, 0) is 5.56 Å². The SMILES string of the molecule is BrN1CCNCC1c1ccccc1. The molecule has 1 aliphatic rings. The molecular weight excluding hydrogens is 228 g/mol. The predicted molar refractivity (Wildman–Crippen MR) is 57.7 cm³/mol. The minimum atomic E-state index is 0.468. The fourth-order valence-corrected chi connectivity index (χ4v) is 2.19. The summed E-state index contributed by atoms with van der Waals surface area (Å²) in [6, 6.07) is 11.0. The van der Waals surface area contributed by atoms with Crippen LogP contribution in [0.3, 0.4) is 0 Å². The average molecular weight is 241 g/mol. The number of nitrogens with one attached hydrogen (secondary N) is 1. The summed E-state index contributed by atoms with van der Waals surface area (Å²) in [7, 11) is 0. The molecule has 1 heterocycles. The molecule has 0 amide bonds. The van der Waals surface area contributed by atoms with Crippen LogP contribution in [-0.4, -0.2) is 23.6 Å². The highest BCUT2D eigenvalue weighted by atomic mass is 79.9. The van der Waals surface area contributed by atoms with E-state index in [9.17, 15) is 0 Å². The Bertz CT molecular complexity index is 263. The van der Waals surface area contributed by atoms with Gasteiger partial charge < -0.3 is 5.32 Å². The third-order valence-corrected chi connectivity index (χ3v) is 3.21. The van der Waals surface area contributed by atoms with Crippen molar-refractivity contribution in [1.82, 2.24) is 9.24 Å². The van der Waals surface area contributed by atoms with E-state index < -0.39 is 0 Å². The molecule has 1 aliphatic heterocycles. The first kappa shape index (κ1) is 9.19. The van der Waals surface area contributed by atoms with Gasteiger partial charge in [0.15, 0.2) is 0 Å². The van der Waals surface area contributed by atoms with Crippen LogP contribution in [0.2, 0.25) is 0 Å². The van der Waals surface area contributed by atoms with Gasteiger partial charge >= 0.3 is 0 Å². The number of benzene rings is 1. The second-order valence-corrected chi connectivity index (χ2v) is 4.16. The molecule has 1 unspecified atom stereocenters. The van der Waals surface area contributed by atoms with Crippen molar-refractivity contribution in [3.05, 3.63) is 35.9 Å². The summed E-state index contributed by atoms with van der Waals surface area (Å²) >= 11 is 3.58. The zero-order chi connectivity index (χ0) is 9.10. The number of nitrogens with zero attached hydrogens (tertiary/aromatic N) is 1. The van der Waals surface area contributed by atoms with Crippen LogP contribution in [0.1, 0.15) is 11.6 Å². The lowest BCUT2D eigenvalue weighted by atomic mass is 10.1. The highest BCUT2D eigenvalue weighted by molar-refractivity contribution is 9.07. The largest absolute Gasteiger partial charge is 0.313 e. The molecule has 1 fully saturated rings. The molecule has 0 aromatic heterocycles. The lowest BCUT2D eigenvalue weighted by Crippen LogP contribution is -2.40. The lowest BCUT2D eigenvalue weighted by molar-refractivity contribution is 0.307. The minimum Gasteiger partial charge on any atom is -0.313 e. The van der Waals surface area contributed by atoms with E-state index in [1.54, 1.807) is 0 Å². The van der Waals surface area contributed by atoms with Crippen molar-refractivity contribution in [1.29, 1.82) is 0 Å². The van der Waals surface area contributed by atoms with Gasteiger partial charge in [-0.25, -0.2) is 3.93 Å². The molecule has 1 N–H and O–H groups in total. The molecule has 1 aromatic rings. The van der Waals surface area contributed by atoms with Crippen LogP contribution in [0, 0.1) is 0 Å². The van der Waals surface area contributed by atoms with Gasteiger partial charge in [0.1, 0.15) is 0 Å². The molecule has 1 saturated heterocycles. The van der Waals surface area contributed by atoms with Gasteiger partial charge in [0, 0.05) is 35.8 Å². The molecule has 1 aromatic carbocycles. The fourth-order valence-electron chi connectivity index (χ4n) is 1.63. The fraction of sp³-hybridized carbons (Fsp3) is 0.400. The number of hydrogen-bond acceptors (Lipinski definition) is 2. The monoisotopic (exact) mass is 240 g/mol. The van der Waals surface area contributed by atoms with Crippen molar-refractivity contribution in [2.75, 3.05) is 19.6 Å². The number of rotatable bonds is 1. The molecule has 3 heteroatoms. The summed E-state index contributed by atoms with van der Waals surface area (Å²) in [6.07, 6.45) is 0. The van der Waals surface area contributed by atoms with E-state index in [2.05, 4.69) is 55.7 Å². The Morgan fingerprint density at radius 2 is 2.08 bits per heavy atom. The minimum absolute atomic E-state index is 0.468. The van der Waals surface area contributed by atoms with Crippen molar-refractivity contribution in [2.45, 2.75) is 6.04 Å². The Hall–Kier alpha value is -0.380. The van der Waals surface area contributed by atoms with E-state index in [0.717, 1.165) is 19.6 Å². The van der Waals surface area contributed by atoms with Gasteiger partial charge in [-0.15, -0.1) is 0 Å². The third-order valence-electron chi connectivity index (χ3n) is 2.36. The summed E-state index contributed by atoms with van der Waals surface area (Å²) in [6.45, 7) is 3.14. The zero-order valence-corrected chi connectivity index (χ0v) is 9.00. The van der Waals surface area contributed by atoms with Crippen molar-refractivity contribution in [2.24, 2.45) is 0 Å². The summed E-state index contributed by atoms with van der Waals surface area (Å²) in [5, 5.41) is 3.39. The molecule has 1 atom stereocenters. The number of halogens is 1. The van der Waals surface area contributed by atoms with Gasteiger partial charge in [-0.1, -0.05) is 30.3 Å². The summed E-state index contributed by atoms with van der Waals surface area (Å²) in [4.78, 5) is 0. The number of hydrogen-bond donors (Lipinski definition) is 1. The summed E-state index contributed by atoms with van der Waals surface area (Å²) in [5.74, 6) is 0. The quantitative estimate of drug-likeness (QED) is 0.756. The van der Waals surface area contributed by atoms with Crippen LogP contribution in [0.25, 0.3) is 0 Å². The molecule has 2 nitrogen and oxygen atoms in total. The molecule has 0 aliphatic carbocycles. The average Bonchev–Trinajstić information content (AvgIpc) is 2.20. The van der Waals surface area contributed by atoms with Gasteiger partial charge in [0.25, 0.3) is 0 Å². The molecule has 2 rings (SSSR count). The maximum Gasteiger partial charge on any atom is 0.0580 e. The van der Waals surface area contributed by atoms with Crippen molar-refractivity contribution in [3.63, 3.8) is 0 Å². The first-order valence-electron chi connectivity index (χ1n) is 4.56. The predicted octanol–water partition coefficient (Wildman–Crippen LogP) is 1.94. The first-order valence-corrected chi connectivity index (χ1v) is 5.27. The molecule has 0 saturated carbocycles. The van der Waals surface area contributed by atoms with Gasteiger partial charge in [-0.3, -0.25) is 0 Å². The summed E-state index contributed by atoms with van der Waals surface area (Å²) < 4.78 is 2.22. The van der Waals surface area contributed by atoms with E-state index >= 15 is 0 Å². The molecular formula is C10H13BrN2. The second-order valence-electron chi connectivity index (χ2n) is 3.25. The number of piperazine rings is 1. The van der Waals surface area contributed by atoms with E-state index in [1.165, 1.54) is 5.56 Å². The highest BCUT2D eigenvalue weighted by Gasteiger charge is 2.20. The standard InChI is InChI=1S/C10H13BrN2/c11-13-7-6-12-8-10(13)9-4-2-1-3-5-9/h1-5,10,12H,6-8H2. The van der Waals surface area contributed by atoms with Crippen LogP contribution in [0.15, 0.2) is 30.3 Å². The maximum atomic E-state index is 3.58. The van der Waals surface area contributed by atoms with Crippen molar-refractivity contribution < 1.29 is 0 Å². The Morgan fingerprint density at radius 3 is 2.77 bits per heavy atom. The lowest BCUT2D eigenvalue weighted by Gasteiger charge is -2.31. The topological polar surface area (TPSA) is 15.3 Å². The Morgan fingerprint density at radius 1 is 1.31 bits per heavy atom. The molecule has 0 bridgehead atoms. The molecule has 0 radical (unpaired) electrons. The zero-order valence-electron chi connectivity index (χ0n) is 7.41. The van der Waals surface area contributed by atoms with Gasteiger partial charge in [-0.2, -0.15) is 0 Å². The van der Waals surface area contributed by atoms with Crippen molar-refractivity contribution >= 4 is 16.1 Å². The molecule has 0 spiro atoms. The normalized spacial score (nSPS) is 24.5. The van der Waals surface area contributed by atoms with E-state index in [4.69, 9.17) is 0 Å². The van der Waals surface area contributed by atoms with Gasteiger partial charge in [0.2, 0.25) is 0 Å². The first-order chi connectivity index (χ1) is 6.38. The van der Waals surface area contributed by atoms with Crippen LogP contribution in [-0.2, 0) is 0 Å². The van der Waals surface area contributed by atoms with Crippen LogP contribution in [0.5, 0.6) is 0 Å². The van der Waals surface area contributed by atoms with Crippen LogP contribution in [0.4, 0.5) is 0 Å². The van der Waals surface area contributed by atoms with Crippen LogP contribution < -0.4 is 5.32 Å². The third kappa shape index (κ3) is 2.10. The van der Waals surface area contributed by atoms with E-state index in [-0.39, 0.29) is 0 Å². The Kier molecular flexibility index (Phi) is 2.98. The second kappa shape index (κ2) is 4.22. The van der Waals surface area contributed by atoms with Gasteiger partial charge in [0.05, 0.1) is 6.04 Å². The Balaban J connectivity index is 2.15.